The first kappa shape index (κ1) is 19.3. The molecular formula is C21H26ClNO2. The Bertz CT molecular complexity index is 688. The van der Waals surface area contributed by atoms with Gasteiger partial charge in [-0.15, -0.1) is 0 Å². The fraction of sp³-hybridized carbons (Fsp3) is 0.381. The molecule has 0 aliphatic heterocycles. The smallest absolute Gasteiger partial charge is 0.261 e. The molecule has 0 heterocycles. The van der Waals surface area contributed by atoms with Crippen molar-refractivity contribution >= 4 is 17.5 Å². The van der Waals surface area contributed by atoms with Gasteiger partial charge in [-0.2, -0.15) is 0 Å². The van der Waals surface area contributed by atoms with Crippen LogP contribution in [0.1, 0.15) is 37.8 Å². The van der Waals surface area contributed by atoms with Crippen LogP contribution in [0.25, 0.3) is 0 Å². The largest absolute Gasteiger partial charge is 0.481 e. The van der Waals surface area contributed by atoms with Gasteiger partial charge in [0.25, 0.3) is 5.91 Å². The minimum atomic E-state index is -0.500. The second-order valence-corrected chi connectivity index (χ2v) is 6.77. The molecule has 4 heteroatoms. The molecule has 0 bridgehead atoms. The highest BCUT2D eigenvalue weighted by atomic mass is 35.5. The molecule has 0 saturated heterocycles. The zero-order valence-corrected chi connectivity index (χ0v) is 15.8. The Morgan fingerprint density at radius 3 is 2.56 bits per heavy atom. The van der Waals surface area contributed by atoms with E-state index >= 15 is 0 Å². The molecule has 0 spiro atoms. The van der Waals surface area contributed by atoms with Crippen LogP contribution in [0.15, 0.2) is 48.5 Å². The SMILES string of the molecule is CCC(Oc1ccc(Cl)c(C)c1)C(=O)NC(C)CCc1ccccc1. The van der Waals surface area contributed by atoms with Crippen LogP contribution in [-0.4, -0.2) is 18.1 Å². The van der Waals surface area contributed by atoms with Gasteiger partial charge in [0.05, 0.1) is 0 Å². The van der Waals surface area contributed by atoms with Crippen LogP contribution in [0.4, 0.5) is 0 Å². The minimum Gasteiger partial charge on any atom is -0.481 e. The zero-order chi connectivity index (χ0) is 18.2. The summed E-state index contributed by atoms with van der Waals surface area (Å²) in [6.07, 6.45) is 1.95. The molecule has 2 unspecified atom stereocenters. The van der Waals surface area contributed by atoms with E-state index in [4.69, 9.17) is 16.3 Å². The summed E-state index contributed by atoms with van der Waals surface area (Å²) >= 11 is 6.03. The number of amides is 1. The molecule has 2 aromatic rings. The van der Waals surface area contributed by atoms with Crippen molar-refractivity contribution in [2.75, 3.05) is 0 Å². The summed E-state index contributed by atoms with van der Waals surface area (Å²) in [4.78, 5) is 12.5. The third-order valence-electron chi connectivity index (χ3n) is 4.17. The number of hydrogen-bond acceptors (Lipinski definition) is 2. The summed E-state index contributed by atoms with van der Waals surface area (Å²) in [6.45, 7) is 5.89. The van der Waals surface area contributed by atoms with Gasteiger partial charge in [-0.25, -0.2) is 0 Å². The van der Waals surface area contributed by atoms with Crippen molar-refractivity contribution in [2.24, 2.45) is 0 Å². The van der Waals surface area contributed by atoms with E-state index in [2.05, 4.69) is 17.4 Å². The number of aryl methyl sites for hydroxylation is 2. The molecule has 25 heavy (non-hydrogen) atoms. The zero-order valence-electron chi connectivity index (χ0n) is 15.1. The lowest BCUT2D eigenvalue weighted by Crippen LogP contribution is -2.42. The van der Waals surface area contributed by atoms with Crippen LogP contribution < -0.4 is 10.1 Å². The number of benzene rings is 2. The highest BCUT2D eigenvalue weighted by Crippen LogP contribution is 2.22. The molecule has 2 atom stereocenters. The molecule has 1 N–H and O–H groups in total. The predicted molar refractivity (Wildman–Crippen MR) is 103 cm³/mol. The van der Waals surface area contributed by atoms with E-state index in [1.54, 1.807) is 12.1 Å². The second-order valence-electron chi connectivity index (χ2n) is 6.36. The number of nitrogens with one attached hydrogen (secondary N) is 1. The Kier molecular flexibility index (Phi) is 7.32. The predicted octanol–water partition coefficient (Wildman–Crippen LogP) is 4.94. The molecule has 2 rings (SSSR count). The highest BCUT2D eigenvalue weighted by Gasteiger charge is 2.20. The highest BCUT2D eigenvalue weighted by molar-refractivity contribution is 6.31. The Labute approximate surface area is 155 Å². The van der Waals surface area contributed by atoms with Crippen molar-refractivity contribution < 1.29 is 9.53 Å². The summed E-state index contributed by atoms with van der Waals surface area (Å²) in [5.74, 6) is 0.594. The van der Waals surface area contributed by atoms with Gasteiger partial charge in [-0.3, -0.25) is 4.79 Å². The van der Waals surface area contributed by atoms with E-state index in [9.17, 15) is 4.79 Å². The first-order valence-corrected chi connectivity index (χ1v) is 9.14. The molecular weight excluding hydrogens is 334 g/mol. The summed E-state index contributed by atoms with van der Waals surface area (Å²) in [5.41, 5.74) is 2.22. The van der Waals surface area contributed by atoms with Gasteiger partial charge in [0.15, 0.2) is 6.10 Å². The Morgan fingerprint density at radius 2 is 1.92 bits per heavy atom. The second kappa shape index (κ2) is 9.47. The summed E-state index contributed by atoms with van der Waals surface area (Å²) in [6, 6.07) is 15.8. The number of hydrogen-bond donors (Lipinski definition) is 1. The molecule has 134 valence electrons. The number of rotatable bonds is 8. The molecule has 0 saturated carbocycles. The van der Waals surface area contributed by atoms with E-state index in [1.807, 2.05) is 45.0 Å². The van der Waals surface area contributed by atoms with Gasteiger partial charge in [0.1, 0.15) is 5.75 Å². The average Bonchev–Trinajstić information content (AvgIpc) is 2.61. The summed E-state index contributed by atoms with van der Waals surface area (Å²) < 4.78 is 5.85. The van der Waals surface area contributed by atoms with Crippen LogP contribution in [0.3, 0.4) is 0 Å². The van der Waals surface area contributed by atoms with Crippen LogP contribution >= 0.6 is 11.6 Å². The number of carbonyl (C=O) groups excluding carboxylic acids is 1. The lowest BCUT2D eigenvalue weighted by atomic mass is 10.1. The Morgan fingerprint density at radius 1 is 1.20 bits per heavy atom. The van der Waals surface area contributed by atoms with Crippen molar-refractivity contribution in [3.8, 4) is 5.75 Å². The van der Waals surface area contributed by atoms with E-state index < -0.39 is 6.10 Å². The average molecular weight is 360 g/mol. The van der Waals surface area contributed by atoms with Gasteiger partial charge >= 0.3 is 0 Å². The minimum absolute atomic E-state index is 0.0735. The van der Waals surface area contributed by atoms with Gasteiger partial charge in [0.2, 0.25) is 0 Å². The van der Waals surface area contributed by atoms with Crippen LogP contribution in [0, 0.1) is 6.92 Å². The van der Waals surface area contributed by atoms with Crippen LogP contribution in [-0.2, 0) is 11.2 Å². The summed E-state index contributed by atoms with van der Waals surface area (Å²) in [7, 11) is 0. The Balaban J connectivity index is 1.87. The van der Waals surface area contributed by atoms with Crippen molar-refractivity contribution in [3.05, 3.63) is 64.7 Å². The third-order valence-corrected chi connectivity index (χ3v) is 4.59. The number of ether oxygens (including phenoxy) is 1. The monoisotopic (exact) mass is 359 g/mol. The normalized spacial score (nSPS) is 13.1. The van der Waals surface area contributed by atoms with Crippen molar-refractivity contribution in [3.63, 3.8) is 0 Å². The van der Waals surface area contributed by atoms with E-state index in [0.717, 1.165) is 18.4 Å². The van der Waals surface area contributed by atoms with Gasteiger partial charge in [-0.05, 0) is 62.4 Å². The first-order chi connectivity index (χ1) is 12.0. The quantitative estimate of drug-likeness (QED) is 0.724. The van der Waals surface area contributed by atoms with Crippen molar-refractivity contribution in [1.82, 2.24) is 5.32 Å². The van der Waals surface area contributed by atoms with E-state index in [1.165, 1.54) is 5.56 Å². The molecule has 0 aliphatic carbocycles. The number of carbonyl (C=O) groups is 1. The lowest BCUT2D eigenvalue weighted by Gasteiger charge is -2.21. The Hall–Kier alpha value is -2.00. The summed E-state index contributed by atoms with van der Waals surface area (Å²) in [5, 5.41) is 3.75. The van der Waals surface area contributed by atoms with Crippen molar-refractivity contribution in [1.29, 1.82) is 0 Å². The molecule has 3 nitrogen and oxygen atoms in total. The van der Waals surface area contributed by atoms with Crippen LogP contribution in [0.2, 0.25) is 5.02 Å². The van der Waals surface area contributed by atoms with Crippen molar-refractivity contribution in [2.45, 2.75) is 52.2 Å². The van der Waals surface area contributed by atoms with E-state index in [-0.39, 0.29) is 11.9 Å². The standard InChI is InChI=1S/C21H26ClNO2/c1-4-20(25-18-12-13-19(22)15(2)14-18)21(24)23-16(3)10-11-17-8-6-5-7-9-17/h5-9,12-14,16,20H,4,10-11H2,1-3H3,(H,23,24). The maximum atomic E-state index is 12.5. The fourth-order valence-corrected chi connectivity index (χ4v) is 2.73. The van der Waals surface area contributed by atoms with Crippen LogP contribution in [0.5, 0.6) is 5.75 Å². The molecule has 0 aliphatic rings. The number of halogens is 1. The molecule has 0 aromatic heterocycles. The lowest BCUT2D eigenvalue weighted by molar-refractivity contribution is -0.128. The first-order valence-electron chi connectivity index (χ1n) is 8.76. The molecule has 0 radical (unpaired) electrons. The fourth-order valence-electron chi connectivity index (χ4n) is 2.61. The van der Waals surface area contributed by atoms with E-state index in [0.29, 0.717) is 17.2 Å². The molecule has 1 amide bonds. The maximum absolute atomic E-state index is 12.5. The third kappa shape index (κ3) is 6.09. The molecule has 0 fully saturated rings. The van der Waals surface area contributed by atoms with Gasteiger partial charge in [-0.1, -0.05) is 48.9 Å². The maximum Gasteiger partial charge on any atom is 0.261 e. The molecule has 2 aromatic carbocycles. The topological polar surface area (TPSA) is 38.3 Å². The van der Waals surface area contributed by atoms with Gasteiger partial charge < -0.3 is 10.1 Å². The van der Waals surface area contributed by atoms with Gasteiger partial charge in [0, 0.05) is 11.1 Å².